The third-order valence-electron chi connectivity index (χ3n) is 4.71. The van der Waals surface area contributed by atoms with Crippen molar-refractivity contribution in [1.82, 2.24) is 0 Å². The minimum Gasteiger partial charge on any atom is -0.456 e. The van der Waals surface area contributed by atoms with E-state index in [1.54, 1.807) is 0 Å². The van der Waals surface area contributed by atoms with Gasteiger partial charge in [-0.2, -0.15) is 52.7 Å². The van der Waals surface area contributed by atoms with Crippen LogP contribution in [0.15, 0.2) is 48.5 Å². The van der Waals surface area contributed by atoms with Gasteiger partial charge in [0.25, 0.3) is 0 Å². The molecule has 0 spiro atoms. The molecule has 3 rings (SSSR count). The number of hydrogen-bond acceptors (Lipinski definition) is 4. The number of rotatable bonds is 4. The van der Waals surface area contributed by atoms with Crippen LogP contribution in [0.4, 0.5) is 64.1 Å². The molecule has 0 heterocycles. The molecule has 38 heavy (non-hydrogen) atoms. The van der Waals surface area contributed by atoms with E-state index in [9.17, 15) is 52.7 Å². The minimum absolute atomic E-state index is 0.195. The molecule has 0 aliphatic heterocycles. The fourth-order valence-electron chi connectivity index (χ4n) is 3.18. The molecule has 0 amide bonds. The lowest BCUT2D eigenvalue weighted by Crippen LogP contribution is -2.15. The van der Waals surface area contributed by atoms with Crippen LogP contribution in [0.1, 0.15) is 22.3 Å². The van der Waals surface area contributed by atoms with Crippen LogP contribution in [0.5, 0.6) is 23.0 Å². The number of anilines is 2. The van der Waals surface area contributed by atoms with Crippen LogP contribution in [0, 0.1) is 0 Å². The zero-order chi connectivity index (χ0) is 28.8. The first kappa shape index (κ1) is 28.6. The van der Waals surface area contributed by atoms with Crippen molar-refractivity contribution in [1.29, 1.82) is 0 Å². The SMILES string of the molecule is Nc1cc(C(F)(F)F)c(Oc2ccc(Oc3c(C(F)(F)F)cc(N)cc3C(F)(F)F)cc2)c(C(F)(F)F)c1. The number of benzene rings is 3. The van der Waals surface area contributed by atoms with Crippen LogP contribution < -0.4 is 20.9 Å². The van der Waals surface area contributed by atoms with Crippen molar-refractivity contribution in [2.75, 3.05) is 11.5 Å². The quantitative estimate of drug-likeness (QED) is 0.246. The molecule has 3 aromatic carbocycles. The normalized spacial score (nSPS) is 12.9. The Kier molecular flexibility index (Phi) is 7.07. The lowest BCUT2D eigenvalue weighted by atomic mass is 10.1. The minimum atomic E-state index is -5.34. The average Bonchev–Trinajstić information content (AvgIpc) is 2.74. The molecular formula is C22H12F12N2O2. The summed E-state index contributed by atoms with van der Waals surface area (Å²) in [7, 11) is 0. The van der Waals surface area contributed by atoms with E-state index in [0.717, 1.165) is 0 Å². The molecule has 0 unspecified atom stereocenters. The van der Waals surface area contributed by atoms with Crippen molar-refractivity contribution >= 4 is 11.4 Å². The second-order valence-electron chi connectivity index (χ2n) is 7.56. The molecule has 0 fully saturated rings. The van der Waals surface area contributed by atoms with E-state index in [2.05, 4.69) is 0 Å². The Hall–Kier alpha value is -3.98. The maximum Gasteiger partial charge on any atom is 0.420 e. The van der Waals surface area contributed by atoms with Crippen LogP contribution in [0.25, 0.3) is 0 Å². The first-order valence-corrected chi connectivity index (χ1v) is 9.79. The number of halogens is 12. The maximum absolute atomic E-state index is 13.4. The summed E-state index contributed by atoms with van der Waals surface area (Å²) in [6, 6.07) is 3.46. The fraction of sp³-hybridized carbons (Fsp3) is 0.182. The molecule has 0 aliphatic carbocycles. The Bertz CT molecular complexity index is 1150. The highest BCUT2D eigenvalue weighted by atomic mass is 19.4. The van der Waals surface area contributed by atoms with E-state index < -0.39 is 81.3 Å². The summed E-state index contributed by atoms with van der Waals surface area (Å²) < 4.78 is 170. The molecule has 0 saturated heterocycles. The Morgan fingerprint density at radius 1 is 0.421 bits per heavy atom. The Labute approximate surface area is 204 Å². The lowest BCUT2D eigenvalue weighted by molar-refractivity contribution is -0.146. The van der Waals surface area contributed by atoms with E-state index in [1.807, 2.05) is 0 Å². The molecule has 0 aliphatic rings. The first-order chi connectivity index (χ1) is 17.2. The van der Waals surface area contributed by atoms with Crippen molar-refractivity contribution in [3.8, 4) is 23.0 Å². The Morgan fingerprint density at radius 3 is 0.816 bits per heavy atom. The van der Waals surface area contributed by atoms with Crippen molar-refractivity contribution < 1.29 is 62.2 Å². The molecule has 0 aromatic heterocycles. The zero-order valence-electron chi connectivity index (χ0n) is 18.1. The highest BCUT2D eigenvalue weighted by Gasteiger charge is 2.44. The van der Waals surface area contributed by atoms with Gasteiger partial charge < -0.3 is 20.9 Å². The highest BCUT2D eigenvalue weighted by molar-refractivity contribution is 5.58. The van der Waals surface area contributed by atoms with Gasteiger partial charge in [0.05, 0.1) is 0 Å². The van der Waals surface area contributed by atoms with Gasteiger partial charge in [0.1, 0.15) is 33.8 Å². The summed E-state index contributed by atoms with van der Waals surface area (Å²) >= 11 is 0. The van der Waals surface area contributed by atoms with Gasteiger partial charge in [0.2, 0.25) is 0 Å². The standard InChI is InChI=1S/C22H12F12N2O2/c23-19(24,25)13-5-9(35)6-14(20(26,27)28)17(13)37-11-1-2-12(4-3-11)38-18-15(21(29,30)31)7-10(36)8-16(18)22(32,33)34/h1-8H,35-36H2. The molecule has 3 aromatic rings. The third-order valence-corrected chi connectivity index (χ3v) is 4.71. The molecule has 0 bridgehead atoms. The average molecular weight is 564 g/mol. The molecular weight excluding hydrogens is 552 g/mol. The smallest absolute Gasteiger partial charge is 0.420 e. The number of nitrogen functional groups attached to an aromatic ring is 2. The van der Waals surface area contributed by atoms with Crippen molar-refractivity contribution in [2.45, 2.75) is 24.7 Å². The highest BCUT2D eigenvalue weighted by Crippen LogP contribution is 2.49. The van der Waals surface area contributed by atoms with E-state index in [-0.39, 0.29) is 24.3 Å². The molecule has 16 heteroatoms. The first-order valence-electron chi connectivity index (χ1n) is 9.79. The predicted octanol–water partition coefficient (Wildman–Crippen LogP) is 8.51. The van der Waals surface area contributed by atoms with E-state index >= 15 is 0 Å². The number of hydrogen-bond donors (Lipinski definition) is 2. The monoisotopic (exact) mass is 564 g/mol. The topological polar surface area (TPSA) is 70.5 Å². The zero-order valence-corrected chi connectivity index (χ0v) is 18.1. The summed E-state index contributed by atoms with van der Waals surface area (Å²) in [6.07, 6.45) is -21.4. The number of alkyl halides is 12. The third kappa shape index (κ3) is 6.28. The Morgan fingerprint density at radius 2 is 0.632 bits per heavy atom. The van der Waals surface area contributed by atoms with Gasteiger partial charge in [0.15, 0.2) is 11.5 Å². The van der Waals surface area contributed by atoms with Crippen molar-refractivity contribution in [3.05, 3.63) is 70.8 Å². The van der Waals surface area contributed by atoms with Gasteiger partial charge >= 0.3 is 24.7 Å². The predicted molar refractivity (Wildman–Crippen MR) is 108 cm³/mol. The largest absolute Gasteiger partial charge is 0.456 e. The van der Waals surface area contributed by atoms with Gasteiger partial charge in [-0.1, -0.05) is 0 Å². The van der Waals surface area contributed by atoms with Gasteiger partial charge in [-0.15, -0.1) is 0 Å². The van der Waals surface area contributed by atoms with Gasteiger partial charge in [-0.25, -0.2) is 0 Å². The van der Waals surface area contributed by atoms with Crippen LogP contribution in [0.3, 0.4) is 0 Å². The second kappa shape index (κ2) is 9.40. The summed E-state index contributed by atoms with van der Waals surface area (Å²) in [6.45, 7) is 0. The molecule has 0 radical (unpaired) electrons. The van der Waals surface area contributed by atoms with E-state index in [4.69, 9.17) is 20.9 Å². The summed E-state index contributed by atoms with van der Waals surface area (Å²) in [5.41, 5.74) is 1.07. The van der Waals surface area contributed by atoms with Crippen molar-refractivity contribution in [3.63, 3.8) is 0 Å². The second-order valence-corrected chi connectivity index (χ2v) is 7.56. The fourth-order valence-corrected chi connectivity index (χ4v) is 3.18. The molecule has 4 N–H and O–H groups in total. The summed E-state index contributed by atoms with van der Waals surface area (Å²) in [5.74, 6) is -4.74. The van der Waals surface area contributed by atoms with Gasteiger partial charge in [-0.3, -0.25) is 0 Å². The van der Waals surface area contributed by atoms with E-state index in [1.165, 1.54) is 0 Å². The molecule has 0 atom stereocenters. The molecule has 4 nitrogen and oxygen atoms in total. The molecule has 0 saturated carbocycles. The molecule has 206 valence electrons. The van der Waals surface area contributed by atoms with Gasteiger partial charge in [-0.05, 0) is 48.5 Å². The van der Waals surface area contributed by atoms with Crippen LogP contribution in [-0.2, 0) is 24.7 Å². The summed E-state index contributed by atoms with van der Waals surface area (Å²) in [5, 5.41) is 0. The summed E-state index contributed by atoms with van der Waals surface area (Å²) in [4.78, 5) is 0. The number of nitrogens with two attached hydrogens (primary N) is 2. The van der Waals surface area contributed by atoms with Crippen LogP contribution >= 0.6 is 0 Å². The Balaban J connectivity index is 2.05. The van der Waals surface area contributed by atoms with Crippen LogP contribution in [-0.4, -0.2) is 0 Å². The lowest BCUT2D eigenvalue weighted by Gasteiger charge is -2.21. The number of ether oxygens (including phenoxy) is 2. The van der Waals surface area contributed by atoms with E-state index in [0.29, 0.717) is 24.3 Å². The van der Waals surface area contributed by atoms with Crippen molar-refractivity contribution in [2.24, 2.45) is 0 Å². The van der Waals surface area contributed by atoms with Crippen LogP contribution in [0.2, 0.25) is 0 Å². The van der Waals surface area contributed by atoms with Gasteiger partial charge in [0, 0.05) is 11.4 Å². The maximum atomic E-state index is 13.4.